The highest BCUT2D eigenvalue weighted by Gasteiger charge is 2.58. The summed E-state index contributed by atoms with van der Waals surface area (Å²) in [6.45, 7) is 2.22. The molecule has 1 saturated carbocycles. The lowest BCUT2D eigenvalue weighted by molar-refractivity contribution is 0.134. The molecule has 0 bridgehead atoms. The SMILES string of the molecule is O=C(NC12CNCC1C2)OCc1ccccc1. The van der Waals surface area contributed by atoms with Crippen LogP contribution in [0.3, 0.4) is 0 Å². The van der Waals surface area contributed by atoms with E-state index >= 15 is 0 Å². The highest BCUT2D eigenvalue weighted by Crippen LogP contribution is 2.45. The van der Waals surface area contributed by atoms with Crippen molar-refractivity contribution >= 4 is 6.09 Å². The second-order valence-corrected chi connectivity index (χ2v) is 4.87. The zero-order valence-corrected chi connectivity index (χ0v) is 9.61. The second kappa shape index (κ2) is 4.04. The van der Waals surface area contributed by atoms with Crippen molar-refractivity contribution in [2.45, 2.75) is 18.6 Å². The molecule has 2 unspecified atom stereocenters. The number of benzene rings is 1. The minimum absolute atomic E-state index is 0.00618. The van der Waals surface area contributed by atoms with Gasteiger partial charge in [-0.25, -0.2) is 4.79 Å². The third-order valence-corrected chi connectivity index (χ3v) is 3.63. The molecular weight excluding hydrogens is 216 g/mol. The van der Waals surface area contributed by atoms with Crippen molar-refractivity contribution in [2.75, 3.05) is 13.1 Å². The van der Waals surface area contributed by atoms with Gasteiger partial charge in [-0.15, -0.1) is 0 Å². The Hall–Kier alpha value is -1.55. The lowest BCUT2D eigenvalue weighted by Crippen LogP contribution is -2.41. The summed E-state index contributed by atoms with van der Waals surface area (Å²) in [5.41, 5.74) is 1.00. The van der Waals surface area contributed by atoms with Gasteiger partial charge in [0, 0.05) is 13.1 Å². The van der Waals surface area contributed by atoms with Gasteiger partial charge in [0.15, 0.2) is 0 Å². The molecule has 0 radical (unpaired) electrons. The summed E-state index contributed by atoms with van der Waals surface area (Å²) in [7, 11) is 0. The monoisotopic (exact) mass is 232 g/mol. The Bertz CT molecular complexity index is 421. The molecule has 2 aliphatic rings. The van der Waals surface area contributed by atoms with Gasteiger partial charge in [-0.05, 0) is 17.9 Å². The molecular formula is C13H16N2O2. The highest BCUT2D eigenvalue weighted by molar-refractivity contribution is 5.69. The molecule has 1 heterocycles. The predicted octanol–water partition coefficient (Wildman–Crippen LogP) is 1.27. The van der Waals surface area contributed by atoms with Crippen LogP contribution in [0.5, 0.6) is 0 Å². The summed E-state index contributed by atoms with van der Waals surface area (Å²) in [6.07, 6.45) is 0.778. The first-order valence-electron chi connectivity index (χ1n) is 5.98. The number of alkyl carbamates (subject to hydrolysis) is 1. The molecule has 4 nitrogen and oxygen atoms in total. The Labute approximate surface area is 100 Å². The van der Waals surface area contributed by atoms with Crippen LogP contribution in [0.1, 0.15) is 12.0 Å². The maximum atomic E-state index is 11.6. The topological polar surface area (TPSA) is 50.4 Å². The Morgan fingerprint density at radius 1 is 1.47 bits per heavy atom. The molecule has 1 aromatic carbocycles. The number of ether oxygens (including phenoxy) is 1. The normalized spacial score (nSPS) is 29.5. The van der Waals surface area contributed by atoms with E-state index < -0.39 is 0 Å². The van der Waals surface area contributed by atoms with E-state index in [-0.39, 0.29) is 11.6 Å². The summed E-state index contributed by atoms with van der Waals surface area (Å²) < 4.78 is 5.20. The molecule has 2 fully saturated rings. The first-order valence-corrected chi connectivity index (χ1v) is 5.98. The number of piperidine rings is 1. The van der Waals surface area contributed by atoms with Crippen LogP contribution < -0.4 is 10.6 Å². The number of rotatable bonds is 3. The standard InChI is InChI=1S/C13H16N2O2/c16-12(15-13-6-11(13)7-14-9-13)17-8-10-4-2-1-3-5-10/h1-5,11,14H,6-9H2,(H,15,16). The molecule has 2 atom stereocenters. The molecule has 1 aliphatic heterocycles. The molecule has 1 aliphatic carbocycles. The highest BCUT2D eigenvalue weighted by atomic mass is 16.5. The van der Waals surface area contributed by atoms with Gasteiger partial charge < -0.3 is 15.4 Å². The number of nitrogens with one attached hydrogen (secondary N) is 2. The average molecular weight is 232 g/mol. The lowest BCUT2D eigenvalue weighted by atomic mass is 10.2. The van der Waals surface area contributed by atoms with Gasteiger partial charge in [-0.2, -0.15) is 0 Å². The fourth-order valence-electron chi connectivity index (χ4n) is 2.49. The molecule has 1 aromatic rings. The van der Waals surface area contributed by atoms with E-state index in [4.69, 9.17) is 4.74 Å². The summed E-state index contributed by atoms with van der Waals surface area (Å²) in [4.78, 5) is 11.6. The Balaban J connectivity index is 1.48. The van der Waals surface area contributed by atoms with Crippen molar-refractivity contribution in [3.05, 3.63) is 35.9 Å². The van der Waals surface area contributed by atoms with Crippen molar-refractivity contribution in [3.63, 3.8) is 0 Å². The van der Waals surface area contributed by atoms with Crippen molar-refractivity contribution in [2.24, 2.45) is 5.92 Å². The molecule has 90 valence electrons. The van der Waals surface area contributed by atoms with Crippen LogP contribution in [0.2, 0.25) is 0 Å². The van der Waals surface area contributed by atoms with Crippen molar-refractivity contribution in [1.82, 2.24) is 10.6 Å². The molecule has 3 rings (SSSR count). The van der Waals surface area contributed by atoms with Gasteiger partial charge in [-0.1, -0.05) is 30.3 Å². The molecule has 0 spiro atoms. The van der Waals surface area contributed by atoms with Crippen molar-refractivity contribution in [1.29, 1.82) is 0 Å². The van der Waals surface area contributed by atoms with Crippen LogP contribution in [-0.4, -0.2) is 24.7 Å². The van der Waals surface area contributed by atoms with Crippen molar-refractivity contribution in [3.8, 4) is 0 Å². The first-order chi connectivity index (χ1) is 8.28. The number of hydrogen-bond acceptors (Lipinski definition) is 3. The fourth-order valence-corrected chi connectivity index (χ4v) is 2.49. The van der Waals surface area contributed by atoms with E-state index in [1.54, 1.807) is 0 Å². The van der Waals surface area contributed by atoms with Gasteiger partial charge in [0.1, 0.15) is 6.61 Å². The third kappa shape index (κ3) is 2.13. The number of carbonyl (C=O) groups excluding carboxylic acids is 1. The molecule has 17 heavy (non-hydrogen) atoms. The van der Waals surface area contributed by atoms with Crippen LogP contribution in [-0.2, 0) is 11.3 Å². The van der Waals surface area contributed by atoms with Gasteiger partial charge >= 0.3 is 6.09 Å². The van der Waals surface area contributed by atoms with Crippen LogP contribution in [0.25, 0.3) is 0 Å². The third-order valence-electron chi connectivity index (χ3n) is 3.63. The van der Waals surface area contributed by atoms with Gasteiger partial charge in [0.05, 0.1) is 5.54 Å². The van der Waals surface area contributed by atoms with E-state index in [1.165, 1.54) is 0 Å². The summed E-state index contributed by atoms with van der Waals surface area (Å²) >= 11 is 0. The molecule has 0 aromatic heterocycles. The fraction of sp³-hybridized carbons (Fsp3) is 0.462. The van der Waals surface area contributed by atoms with Crippen LogP contribution in [0.4, 0.5) is 4.79 Å². The van der Waals surface area contributed by atoms with Gasteiger partial charge in [0.25, 0.3) is 0 Å². The maximum absolute atomic E-state index is 11.6. The molecule has 1 saturated heterocycles. The van der Waals surface area contributed by atoms with E-state index in [1.807, 2.05) is 30.3 Å². The number of fused-ring (bicyclic) bond motifs is 1. The minimum Gasteiger partial charge on any atom is -0.445 e. The number of hydrogen-bond donors (Lipinski definition) is 2. The number of carbonyl (C=O) groups is 1. The average Bonchev–Trinajstić information content (AvgIpc) is 2.88. The van der Waals surface area contributed by atoms with Gasteiger partial charge in [0.2, 0.25) is 0 Å². The largest absolute Gasteiger partial charge is 0.445 e. The van der Waals surface area contributed by atoms with Gasteiger partial charge in [-0.3, -0.25) is 0 Å². The van der Waals surface area contributed by atoms with Crippen molar-refractivity contribution < 1.29 is 9.53 Å². The number of amides is 1. The van der Waals surface area contributed by atoms with E-state index in [0.717, 1.165) is 25.1 Å². The van der Waals surface area contributed by atoms with E-state index in [9.17, 15) is 4.79 Å². The second-order valence-electron chi connectivity index (χ2n) is 4.87. The van der Waals surface area contributed by atoms with E-state index in [0.29, 0.717) is 12.5 Å². The quantitative estimate of drug-likeness (QED) is 0.825. The zero-order chi connectivity index (χ0) is 11.7. The lowest BCUT2D eigenvalue weighted by Gasteiger charge is -2.14. The zero-order valence-electron chi connectivity index (χ0n) is 9.61. The minimum atomic E-state index is -0.306. The van der Waals surface area contributed by atoms with Crippen LogP contribution in [0.15, 0.2) is 30.3 Å². The van der Waals surface area contributed by atoms with Crippen LogP contribution >= 0.6 is 0 Å². The Morgan fingerprint density at radius 2 is 2.29 bits per heavy atom. The molecule has 1 amide bonds. The molecule has 2 N–H and O–H groups in total. The Kier molecular flexibility index (Phi) is 2.52. The predicted molar refractivity (Wildman–Crippen MR) is 63.5 cm³/mol. The van der Waals surface area contributed by atoms with Crippen LogP contribution in [0, 0.1) is 5.92 Å². The molecule has 4 heteroatoms. The summed E-state index contributed by atoms with van der Waals surface area (Å²) in [5, 5.41) is 6.25. The smallest absolute Gasteiger partial charge is 0.407 e. The maximum Gasteiger partial charge on any atom is 0.407 e. The first kappa shape index (κ1) is 10.6. The van der Waals surface area contributed by atoms with E-state index in [2.05, 4.69) is 10.6 Å². The summed E-state index contributed by atoms with van der Waals surface area (Å²) in [6, 6.07) is 9.72. The Morgan fingerprint density at radius 3 is 2.94 bits per heavy atom. The summed E-state index contributed by atoms with van der Waals surface area (Å²) in [5.74, 6) is 0.603.